The summed E-state index contributed by atoms with van der Waals surface area (Å²) in [7, 11) is -3.40. The summed E-state index contributed by atoms with van der Waals surface area (Å²) < 4.78 is 27.3. The Bertz CT molecular complexity index is 1460. The van der Waals surface area contributed by atoms with Gasteiger partial charge in [0, 0.05) is 32.8 Å². The smallest absolute Gasteiger partial charge is 0.304 e. The number of rotatable bonds is 5. The number of allylic oxidation sites excluding steroid dienone is 1. The van der Waals surface area contributed by atoms with Gasteiger partial charge in [0.05, 0.1) is 34.8 Å². The van der Waals surface area contributed by atoms with Crippen molar-refractivity contribution in [3.63, 3.8) is 0 Å². The molecule has 1 aromatic carbocycles. The van der Waals surface area contributed by atoms with Crippen LogP contribution in [0, 0.1) is 0 Å². The van der Waals surface area contributed by atoms with E-state index in [0.717, 1.165) is 63.4 Å². The molecule has 2 aliphatic carbocycles. The first-order chi connectivity index (χ1) is 15.6. The van der Waals surface area contributed by atoms with Crippen LogP contribution in [0.1, 0.15) is 53.4 Å². The number of benzene rings is 1. The van der Waals surface area contributed by atoms with Crippen molar-refractivity contribution in [3.8, 4) is 0 Å². The van der Waals surface area contributed by atoms with Gasteiger partial charge in [-0.05, 0) is 77.0 Å². The average molecular weight is 550 g/mol. The maximum atomic E-state index is 12.3. The lowest BCUT2D eigenvalue weighted by Gasteiger charge is -2.17. The number of pyridine rings is 1. The van der Waals surface area contributed by atoms with Crippen LogP contribution in [0.25, 0.3) is 17.0 Å². The minimum atomic E-state index is -3.40. The molecule has 0 spiro atoms. The number of carboxylic acids is 1. The minimum Gasteiger partial charge on any atom is -0.481 e. The van der Waals surface area contributed by atoms with E-state index in [9.17, 15) is 18.3 Å². The van der Waals surface area contributed by atoms with E-state index in [-0.39, 0.29) is 17.2 Å². The van der Waals surface area contributed by atoms with E-state index in [2.05, 4.69) is 26.6 Å². The fourth-order valence-corrected chi connectivity index (χ4v) is 6.77. The molecular formula is C24H22BrClN2O4S. The topological polar surface area (TPSA) is 89.3 Å². The Labute approximate surface area is 205 Å². The Hall–Kier alpha value is -2.16. The van der Waals surface area contributed by atoms with E-state index in [1.54, 1.807) is 12.1 Å². The van der Waals surface area contributed by atoms with Gasteiger partial charge in [0.25, 0.3) is 0 Å². The number of aliphatic carboxylic acids is 1. The third-order valence-corrected chi connectivity index (χ3v) is 8.52. The molecule has 5 rings (SSSR count). The van der Waals surface area contributed by atoms with Crippen LogP contribution in [0.4, 0.5) is 0 Å². The van der Waals surface area contributed by atoms with Crippen molar-refractivity contribution >= 4 is 60.3 Å². The molecule has 33 heavy (non-hydrogen) atoms. The number of fused-ring (bicyclic) bond motifs is 4. The van der Waals surface area contributed by atoms with Crippen molar-refractivity contribution in [2.75, 3.05) is 6.26 Å². The van der Waals surface area contributed by atoms with Crippen LogP contribution in [-0.4, -0.2) is 35.3 Å². The van der Waals surface area contributed by atoms with Crippen LogP contribution in [0.2, 0.25) is 0 Å². The molecule has 0 radical (unpaired) electrons. The van der Waals surface area contributed by atoms with Crippen LogP contribution in [0.5, 0.6) is 0 Å². The lowest BCUT2D eigenvalue weighted by atomic mass is 10.0. The number of carboxylic acid groups (broad SMARTS) is 1. The van der Waals surface area contributed by atoms with E-state index in [4.69, 9.17) is 16.6 Å². The zero-order chi connectivity index (χ0) is 23.5. The molecule has 0 fully saturated rings. The zero-order valence-electron chi connectivity index (χ0n) is 17.9. The van der Waals surface area contributed by atoms with Gasteiger partial charge >= 0.3 is 5.97 Å². The van der Waals surface area contributed by atoms with Gasteiger partial charge < -0.3 is 9.67 Å². The highest BCUT2D eigenvalue weighted by Crippen LogP contribution is 2.44. The first-order valence-electron chi connectivity index (χ1n) is 10.7. The molecule has 2 aromatic heterocycles. The normalized spacial score (nSPS) is 17.7. The van der Waals surface area contributed by atoms with Gasteiger partial charge in [-0.25, -0.2) is 8.42 Å². The van der Waals surface area contributed by atoms with Gasteiger partial charge in [-0.15, -0.1) is 0 Å². The number of nitrogens with zero attached hydrogens (tertiary/aromatic N) is 2. The molecule has 1 atom stereocenters. The molecule has 3 aromatic rings. The lowest BCUT2D eigenvalue weighted by molar-refractivity contribution is -0.137. The second kappa shape index (κ2) is 8.25. The van der Waals surface area contributed by atoms with Crippen molar-refractivity contribution in [1.82, 2.24) is 9.55 Å². The summed E-state index contributed by atoms with van der Waals surface area (Å²) in [5, 5.41) is 11.1. The van der Waals surface area contributed by atoms with E-state index in [1.807, 2.05) is 12.1 Å². The molecule has 2 aliphatic rings. The third kappa shape index (κ3) is 4.13. The summed E-state index contributed by atoms with van der Waals surface area (Å²) in [4.78, 5) is 16.6. The van der Waals surface area contributed by atoms with Crippen LogP contribution in [-0.2, 0) is 34.0 Å². The number of carbonyl (C=O) groups is 1. The highest BCUT2D eigenvalue weighted by Gasteiger charge is 2.33. The molecule has 0 amide bonds. The lowest BCUT2D eigenvalue weighted by Crippen LogP contribution is -2.12. The Balaban J connectivity index is 1.70. The van der Waals surface area contributed by atoms with E-state index in [1.165, 1.54) is 6.26 Å². The summed E-state index contributed by atoms with van der Waals surface area (Å²) in [6.07, 6.45) is 6.26. The Morgan fingerprint density at radius 2 is 2.06 bits per heavy atom. The Kier molecular flexibility index (Phi) is 5.66. The zero-order valence-corrected chi connectivity index (χ0v) is 21.1. The van der Waals surface area contributed by atoms with Crippen molar-refractivity contribution in [3.05, 3.63) is 62.0 Å². The van der Waals surface area contributed by atoms with Gasteiger partial charge in [-0.1, -0.05) is 17.7 Å². The predicted molar refractivity (Wildman–Crippen MR) is 132 cm³/mol. The number of aromatic nitrogens is 2. The van der Waals surface area contributed by atoms with E-state index < -0.39 is 15.8 Å². The summed E-state index contributed by atoms with van der Waals surface area (Å²) in [6, 6.07) is 7.42. The first-order valence-corrected chi connectivity index (χ1v) is 13.8. The van der Waals surface area contributed by atoms with Crippen molar-refractivity contribution in [2.45, 2.75) is 49.5 Å². The molecule has 1 unspecified atom stereocenters. The summed E-state index contributed by atoms with van der Waals surface area (Å²) in [5.74, 6) is -0.974. The first kappa shape index (κ1) is 22.6. The standard InChI is InChI=1S/C24H22BrClN2O4S/c1-33(31,32)17-10-19-18-7-4-14(8-22(29)30)23(18)28(24(19)20(25)11-17)12-16-6-3-13-2-5-15(26)9-21(13)27-16/h3,6,9-11,14H,2,4-5,7-8,12H2,1H3,(H,29,30). The fourth-order valence-electron chi connectivity index (χ4n) is 5.08. The van der Waals surface area contributed by atoms with Gasteiger partial charge in [0.15, 0.2) is 9.84 Å². The number of halogens is 2. The highest BCUT2D eigenvalue weighted by molar-refractivity contribution is 9.10. The number of aryl methyl sites for hydroxylation is 2. The van der Waals surface area contributed by atoms with Crippen LogP contribution >= 0.6 is 27.5 Å². The number of sulfone groups is 1. The Morgan fingerprint density at radius 3 is 2.79 bits per heavy atom. The second-order valence-electron chi connectivity index (χ2n) is 8.79. The monoisotopic (exact) mass is 548 g/mol. The van der Waals surface area contributed by atoms with E-state index in [0.29, 0.717) is 17.4 Å². The maximum absolute atomic E-state index is 12.3. The second-order valence-corrected chi connectivity index (χ2v) is 12.2. The Morgan fingerprint density at radius 1 is 1.27 bits per heavy atom. The van der Waals surface area contributed by atoms with Gasteiger partial charge in [0.2, 0.25) is 0 Å². The summed E-state index contributed by atoms with van der Waals surface area (Å²) >= 11 is 9.83. The van der Waals surface area contributed by atoms with Crippen LogP contribution in [0.15, 0.2) is 38.7 Å². The van der Waals surface area contributed by atoms with Crippen LogP contribution in [0.3, 0.4) is 0 Å². The number of hydrogen-bond acceptors (Lipinski definition) is 4. The molecule has 0 bridgehead atoms. The van der Waals surface area contributed by atoms with Crippen molar-refractivity contribution in [2.24, 2.45) is 0 Å². The molecule has 9 heteroatoms. The third-order valence-electron chi connectivity index (χ3n) is 6.53. The van der Waals surface area contributed by atoms with Crippen LogP contribution < -0.4 is 0 Å². The van der Waals surface area contributed by atoms with Gasteiger partial charge in [-0.3, -0.25) is 9.78 Å². The molecule has 1 N–H and O–H groups in total. The molecule has 0 saturated carbocycles. The largest absolute Gasteiger partial charge is 0.481 e. The average Bonchev–Trinajstić information content (AvgIpc) is 3.26. The summed E-state index contributed by atoms with van der Waals surface area (Å²) in [6.45, 7) is 0.456. The van der Waals surface area contributed by atoms with Gasteiger partial charge in [0.1, 0.15) is 0 Å². The summed E-state index contributed by atoms with van der Waals surface area (Å²) in [5.41, 5.74) is 5.74. The quantitative estimate of drug-likeness (QED) is 0.468. The number of hydrogen-bond donors (Lipinski definition) is 1. The molecular weight excluding hydrogens is 528 g/mol. The SMILES string of the molecule is CS(=O)(=O)c1cc(Br)c2c(c1)c1c(n2Cc2ccc3c(n2)C=C(Cl)CC3)C(CC(=O)O)CC1. The predicted octanol–water partition coefficient (Wildman–Crippen LogP) is 5.28. The molecule has 6 nitrogen and oxygen atoms in total. The molecule has 2 heterocycles. The maximum Gasteiger partial charge on any atom is 0.304 e. The highest BCUT2D eigenvalue weighted by atomic mass is 79.9. The van der Waals surface area contributed by atoms with Crippen molar-refractivity contribution in [1.29, 1.82) is 0 Å². The minimum absolute atomic E-state index is 0.0375. The van der Waals surface area contributed by atoms with E-state index >= 15 is 0 Å². The van der Waals surface area contributed by atoms with Crippen molar-refractivity contribution < 1.29 is 18.3 Å². The molecule has 172 valence electrons. The van der Waals surface area contributed by atoms with Gasteiger partial charge in [-0.2, -0.15) is 0 Å². The fraction of sp³-hybridized carbons (Fsp3) is 0.333. The molecule has 0 aliphatic heterocycles. The molecule has 0 saturated heterocycles.